The molecule has 0 unspecified atom stereocenters. The van der Waals surface area contributed by atoms with Crippen LogP contribution in [0.4, 0.5) is 0 Å². The number of rotatable bonds is 7. The molecule has 3 rings (SSSR count). The zero-order valence-electron chi connectivity index (χ0n) is 14.9. The van der Waals surface area contributed by atoms with Crippen LogP contribution in [0, 0.1) is 5.92 Å². The zero-order valence-corrected chi connectivity index (χ0v) is 14.9. The van der Waals surface area contributed by atoms with Gasteiger partial charge in [-0.2, -0.15) is 0 Å². The summed E-state index contributed by atoms with van der Waals surface area (Å²) in [6.07, 6.45) is 3.70. The van der Waals surface area contributed by atoms with Gasteiger partial charge in [0, 0.05) is 39.3 Å². The van der Waals surface area contributed by atoms with E-state index in [9.17, 15) is 5.11 Å². The number of nitrogens with zero attached hydrogens (tertiary/aromatic N) is 2. The summed E-state index contributed by atoms with van der Waals surface area (Å²) in [7, 11) is 0. The molecule has 1 aromatic rings. The summed E-state index contributed by atoms with van der Waals surface area (Å²) >= 11 is 0. The molecule has 0 amide bonds. The lowest BCUT2D eigenvalue weighted by atomic mass is 10.1. The molecule has 1 N–H and O–H groups in total. The molecular formula is C20H32N2O2. The molecule has 4 nitrogen and oxygen atoms in total. The average molecular weight is 332 g/mol. The van der Waals surface area contributed by atoms with E-state index in [4.69, 9.17) is 4.74 Å². The van der Waals surface area contributed by atoms with Crippen LogP contribution in [0.2, 0.25) is 0 Å². The third kappa shape index (κ3) is 5.28. The van der Waals surface area contributed by atoms with Crippen LogP contribution in [-0.4, -0.2) is 66.4 Å². The van der Waals surface area contributed by atoms with Gasteiger partial charge < -0.3 is 9.84 Å². The van der Waals surface area contributed by atoms with Crippen LogP contribution in [0.25, 0.3) is 0 Å². The van der Waals surface area contributed by atoms with Crippen molar-refractivity contribution < 1.29 is 9.84 Å². The molecule has 0 bridgehead atoms. The molecule has 0 radical (unpaired) electrons. The van der Waals surface area contributed by atoms with E-state index in [1.54, 1.807) is 0 Å². The quantitative estimate of drug-likeness (QED) is 0.832. The lowest BCUT2D eigenvalue weighted by Crippen LogP contribution is -2.48. The van der Waals surface area contributed by atoms with E-state index in [0.29, 0.717) is 18.6 Å². The molecule has 24 heavy (non-hydrogen) atoms. The number of aliphatic hydroxyl groups excluding tert-OH is 1. The van der Waals surface area contributed by atoms with Crippen molar-refractivity contribution in [3.63, 3.8) is 0 Å². The fraction of sp³-hybridized carbons (Fsp3) is 0.700. The van der Waals surface area contributed by atoms with Crippen molar-refractivity contribution in [2.75, 3.05) is 39.3 Å². The maximum Gasteiger partial charge on any atom is 0.0900 e. The molecule has 4 heteroatoms. The minimum Gasteiger partial charge on any atom is -0.389 e. The first-order valence-electron chi connectivity index (χ1n) is 9.49. The topological polar surface area (TPSA) is 35.9 Å². The van der Waals surface area contributed by atoms with Crippen molar-refractivity contribution in [1.29, 1.82) is 0 Å². The molecule has 1 aliphatic heterocycles. The predicted octanol–water partition coefficient (Wildman–Crippen LogP) is 2.37. The van der Waals surface area contributed by atoms with Gasteiger partial charge in [-0.3, -0.25) is 9.80 Å². The number of β-amino-alcohol motifs (C(OH)–C–C–N with tert-alkyl or cyclic N) is 1. The van der Waals surface area contributed by atoms with Gasteiger partial charge in [0.05, 0.1) is 18.8 Å². The Morgan fingerprint density at radius 1 is 1.08 bits per heavy atom. The summed E-state index contributed by atoms with van der Waals surface area (Å²) < 4.78 is 5.93. The normalized spacial score (nSPS) is 27.4. The molecule has 2 aliphatic rings. The second-order valence-electron chi connectivity index (χ2n) is 7.50. The van der Waals surface area contributed by atoms with Crippen molar-refractivity contribution in [2.45, 2.75) is 44.9 Å². The van der Waals surface area contributed by atoms with Gasteiger partial charge in [-0.25, -0.2) is 0 Å². The Labute approximate surface area is 146 Å². The van der Waals surface area contributed by atoms with Crippen LogP contribution >= 0.6 is 0 Å². The lowest BCUT2D eigenvalue weighted by Gasteiger charge is -2.35. The Hall–Kier alpha value is -0.940. The first kappa shape index (κ1) is 17.9. The summed E-state index contributed by atoms with van der Waals surface area (Å²) in [4.78, 5) is 4.86. The fourth-order valence-electron chi connectivity index (χ4n) is 3.92. The monoisotopic (exact) mass is 332 g/mol. The number of aliphatic hydroxyl groups is 1. The van der Waals surface area contributed by atoms with Crippen LogP contribution in [-0.2, 0) is 11.3 Å². The van der Waals surface area contributed by atoms with E-state index in [1.807, 2.05) is 0 Å². The molecule has 3 atom stereocenters. The molecule has 1 saturated carbocycles. The number of hydrogen-bond donors (Lipinski definition) is 1. The van der Waals surface area contributed by atoms with Crippen LogP contribution in [0.5, 0.6) is 0 Å². The van der Waals surface area contributed by atoms with Crippen LogP contribution in [0.1, 0.15) is 31.7 Å². The van der Waals surface area contributed by atoms with Crippen LogP contribution in [0.15, 0.2) is 30.3 Å². The molecule has 134 valence electrons. The van der Waals surface area contributed by atoms with Crippen LogP contribution in [0.3, 0.4) is 0 Å². The minimum atomic E-state index is -0.363. The smallest absolute Gasteiger partial charge is 0.0900 e. The summed E-state index contributed by atoms with van der Waals surface area (Å²) in [5, 5.41) is 10.3. The Morgan fingerprint density at radius 2 is 1.79 bits per heavy atom. The van der Waals surface area contributed by atoms with Gasteiger partial charge in [0.1, 0.15) is 0 Å². The molecule has 1 heterocycles. The SMILES string of the molecule is C[C@@H]1CCC[C@@H]1OC[C@H](O)CN1CCN(Cc2ccccc2)CC1. The van der Waals surface area contributed by atoms with E-state index in [-0.39, 0.29) is 6.10 Å². The molecule has 1 aliphatic carbocycles. The minimum absolute atomic E-state index is 0.363. The first-order chi connectivity index (χ1) is 11.7. The Morgan fingerprint density at radius 3 is 2.46 bits per heavy atom. The standard InChI is InChI=1S/C20H32N2O2/c1-17-6-5-9-20(17)24-16-19(23)15-22-12-10-21(11-13-22)14-18-7-3-2-4-8-18/h2-4,7-8,17,19-20,23H,5-6,9-16H2,1H3/t17-,19-,20+/m1/s1. The Balaban J connectivity index is 1.33. The van der Waals surface area contributed by atoms with E-state index in [1.165, 1.54) is 18.4 Å². The maximum absolute atomic E-state index is 10.3. The predicted molar refractivity (Wildman–Crippen MR) is 96.9 cm³/mol. The molecule has 1 aromatic carbocycles. The van der Waals surface area contributed by atoms with Gasteiger partial charge in [-0.15, -0.1) is 0 Å². The third-order valence-corrected chi connectivity index (χ3v) is 5.47. The number of ether oxygens (including phenoxy) is 1. The highest BCUT2D eigenvalue weighted by Crippen LogP contribution is 2.27. The highest BCUT2D eigenvalue weighted by Gasteiger charge is 2.25. The van der Waals surface area contributed by atoms with Crippen molar-refractivity contribution in [3.05, 3.63) is 35.9 Å². The van der Waals surface area contributed by atoms with Crippen molar-refractivity contribution >= 4 is 0 Å². The van der Waals surface area contributed by atoms with Crippen LogP contribution < -0.4 is 0 Å². The molecule has 1 saturated heterocycles. The van der Waals surface area contributed by atoms with Gasteiger partial charge in [-0.1, -0.05) is 43.7 Å². The van der Waals surface area contributed by atoms with Gasteiger partial charge in [-0.05, 0) is 24.3 Å². The number of benzene rings is 1. The van der Waals surface area contributed by atoms with E-state index < -0.39 is 0 Å². The van der Waals surface area contributed by atoms with E-state index in [0.717, 1.165) is 45.7 Å². The third-order valence-electron chi connectivity index (χ3n) is 5.47. The van der Waals surface area contributed by atoms with Gasteiger partial charge in [0.2, 0.25) is 0 Å². The zero-order chi connectivity index (χ0) is 16.8. The largest absolute Gasteiger partial charge is 0.389 e. The van der Waals surface area contributed by atoms with Gasteiger partial charge >= 0.3 is 0 Å². The summed E-state index contributed by atoms with van der Waals surface area (Å²) in [6.45, 7) is 8.72. The summed E-state index contributed by atoms with van der Waals surface area (Å²) in [5.74, 6) is 0.652. The van der Waals surface area contributed by atoms with E-state index >= 15 is 0 Å². The van der Waals surface area contributed by atoms with Crippen molar-refractivity contribution in [3.8, 4) is 0 Å². The second-order valence-corrected chi connectivity index (χ2v) is 7.50. The summed E-state index contributed by atoms with van der Waals surface area (Å²) in [6, 6.07) is 10.7. The lowest BCUT2D eigenvalue weighted by molar-refractivity contribution is -0.0358. The maximum atomic E-state index is 10.3. The van der Waals surface area contributed by atoms with E-state index in [2.05, 4.69) is 47.1 Å². The Bertz CT molecular complexity index is 474. The summed E-state index contributed by atoms with van der Waals surface area (Å²) in [5.41, 5.74) is 1.38. The Kier molecular flexibility index (Phi) is 6.67. The number of piperazine rings is 1. The second kappa shape index (κ2) is 8.95. The highest BCUT2D eigenvalue weighted by atomic mass is 16.5. The molecular weight excluding hydrogens is 300 g/mol. The average Bonchev–Trinajstić information content (AvgIpc) is 3.01. The fourth-order valence-corrected chi connectivity index (χ4v) is 3.92. The molecule has 0 spiro atoms. The van der Waals surface area contributed by atoms with Gasteiger partial charge in [0.15, 0.2) is 0 Å². The highest BCUT2D eigenvalue weighted by molar-refractivity contribution is 5.14. The van der Waals surface area contributed by atoms with Crippen molar-refractivity contribution in [1.82, 2.24) is 9.80 Å². The number of hydrogen-bond acceptors (Lipinski definition) is 4. The molecule has 0 aromatic heterocycles. The first-order valence-corrected chi connectivity index (χ1v) is 9.49. The molecule has 2 fully saturated rings. The van der Waals surface area contributed by atoms with Crippen molar-refractivity contribution in [2.24, 2.45) is 5.92 Å². The van der Waals surface area contributed by atoms with Gasteiger partial charge in [0.25, 0.3) is 0 Å².